The molecule has 5 heteroatoms. The number of carbonyl (C=O) groups excluding carboxylic acids is 1. The number of carbonyl (C=O) groups is 1. The smallest absolute Gasteiger partial charge is 0.184 e. The molecule has 0 unspecified atom stereocenters. The molecule has 0 bridgehead atoms. The summed E-state index contributed by atoms with van der Waals surface area (Å²) < 4.78 is 1.52. The Morgan fingerprint density at radius 3 is 2.95 bits per heavy atom. The number of nitrogens with zero attached hydrogens (tertiary/aromatic N) is 3. The van der Waals surface area contributed by atoms with Gasteiger partial charge in [-0.3, -0.25) is 4.79 Å². The average Bonchev–Trinajstić information content (AvgIpc) is 2.87. The van der Waals surface area contributed by atoms with Crippen LogP contribution in [0.15, 0.2) is 30.5 Å². The highest BCUT2D eigenvalue weighted by atomic mass is 16.1. The predicted octanol–water partition coefficient (Wildman–Crippen LogP) is 1.57. The van der Waals surface area contributed by atoms with Crippen molar-refractivity contribution in [3.8, 4) is 0 Å². The van der Waals surface area contributed by atoms with Crippen LogP contribution in [0.5, 0.6) is 0 Å². The lowest BCUT2D eigenvalue weighted by Gasteiger charge is -2.03. The van der Waals surface area contributed by atoms with Crippen LogP contribution in [0, 0.1) is 0 Å². The van der Waals surface area contributed by atoms with Gasteiger partial charge in [0.05, 0.1) is 11.9 Å². The van der Waals surface area contributed by atoms with Crippen molar-refractivity contribution >= 4 is 5.78 Å². The van der Waals surface area contributed by atoms with Crippen LogP contribution in [0.2, 0.25) is 0 Å². The Morgan fingerprint density at radius 2 is 2.26 bits per heavy atom. The van der Waals surface area contributed by atoms with Crippen molar-refractivity contribution in [2.24, 2.45) is 5.73 Å². The number of ketones is 1. The number of aryl methyl sites for hydroxylation is 1. The van der Waals surface area contributed by atoms with Gasteiger partial charge in [0.2, 0.25) is 0 Å². The molecule has 0 saturated carbocycles. The van der Waals surface area contributed by atoms with E-state index in [0.717, 1.165) is 18.4 Å². The first-order valence-electron chi connectivity index (χ1n) is 6.44. The summed E-state index contributed by atoms with van der Waals surface area (Å²) in [5.74, 6) is 0.0337. The Kier molecular flexibility index (Phi) is 4.41. The number of hydrogen-bond donors (Lipinski definition) is 1. The summed E-state index contributed by atoms with van der Waals surface area (Å²) in [5, 5.41) is 7.74. The van der Waals surface area contributed by atoms with E-state index in [9.17, 15) is 4.79 Å². The van der Waals surface area contributed by atoms with E-state index in [0.29, 0.717) is 12.2 Å². The molecule has 100 valence electrons. The quantitative estimate of drug-likeness (QED) is 0.798. The Morgan fingerprint density at radius 1 is 1.42 bits per heavy atom. The number of aromatic nitrogens is 3. The molecule has 0 radical (unpaired) electrons. The van der Waals surface area contributed by atoms with Crippen LogP contribution in [0.25, 0.3) is 0 Å². The fourth-order valence-corrected chi connectivity index (χ4v) is 1.94. The molecule has 0 aliphatic carbocycles. The Hall–Kier alpha value is -2.01. The zero-order valence-corrected chi connectivity index (χ0v) is 11.0. The second-order valence-electron chi connectivity index (χ2n) is 4.49. The molecule has 0 aliphatic rings. The normalized spacial score (nSPS) is 10.6. The van der Waals surface area contributed by atoms with E-state index in [-0.39, 0.29) is 12.3 Å². The minimum atomic E-state index is 0.0337. The summed E-state index contributed by atoms with van der Waals surface area (Å²) in [4.78, 5) is 12.1. The van der Waals surface area contributed by atoms with E-state index in [4.69, 9.17) is 5.73 Å². The van der Waals surface area contributed by atoms with Gasteiger partial charge in [0.25, 0.3) is 0 Å². The van der Waals surface area contributed by atoms with E-state index in [1.54, 1.807) is 6.20 Å². The van der Waals surface area contributed by atoms with Gasteiger partial charge in [-0.2, -0.15) is 0 Å². The van der Waals surface area contributed by atoms with Crippen LogP contribution in [0.3, 0.4) is 0 Å². The van der Waals surface area contributed by atoms with Crippen molar-refractivity contribution in [1.82, 2.24) is 15.0 Å². The maximum absolute atomic E-state index is 12.1. The minimum absolute atomic E-state index is 0.0337. The highest BCUT2D eigenvalue weighted by Gasteiger charge is 2.09. The van der Waals surface area contributed by atoms with Gasteiger partial charge in [0, 0.05) is 12.1 Å². The molecule has 0 fully saturated rings. The predicted molar refractivity (Wildman–Crippen MR) is 72.7 cm³/mol. The molecule has 0 amide bonds. The van der Waals surface area contributed by atoms with Gasteiger partial charge in [-0.05, 0) is 18.1 Å². The third-order valence-corrected chi connectivity index (χ3v) is 2.89. The lowest BCUT2D eigenvalue weighted by atomic mass is 10.0. The van der Waals surface area contributed by atoms with Gasteiger partial charge in [-0.1, -0.05) is 36.8 Å². The molecular formula is C14H18N4O. The first-order valence-corrected chi connectivity index (χ1v) is 6.44. The number of Topliss-reactive ketones (excluding diaryl/α,β-unsaturated/α-hetero) is 1. The van der Waals surface area contributed by atoms with Gasteiger partial charge < -0.3 is 5.73 Å². The molecule has 1 heterocycles. The third kappa shape index (κ3) is 3.48. The lowest BCUT2D eigenvalue weighted by molar-refractivity contribution is 0.0967. The summed E-state index contributed by atoms with van der Waals surface area (Å²) in [6.45, 7) is 2.65. The summed E-state index contributed by atoms with van der Waals surface area (Å²) >= 11 is 0. The molecule has 0 saturated heterocycles. The van der Waals surface area contributed by atoms with Gasteiger partial charge in [0.1, 0.15) is 6.54 Å². The Balaban J connectivity index is 2.08. The zero-order chi connectivity index (χ0) is 13.7. The van der Waals surface area contributed by atoms with Crippen molar-refractivity contribution in [3.63, 3.8) is 0 Å². The van der Waals surface area contributed by atoms with E-state index < -0.39 is 0 Å². The molecule has 5 nitrogen and oxygen atoms in total. The van der Waals surface area contributed by atoms with E-state index in [1.165, 1.54) is 10.2 Å². The molecule has 0 spiro atoms. The van der Waals surface area contributed by atoms with Crippen molar-refractivity contribution in [2.45, 2.75) is 32.9 Å². The van der Waals surface area contributed by atoms with Crippen LogP contribution in [0.1, 0.15) is 35.0 Å². The van der Waals surface area contributed by atoms with Crippen molar-refractivity contribution in [1.29, 1.82) is 0 Å². The number of rotatable bonds is 6. The zero-order valence-electron chi connectivity index (χ0n) is 11.0. The topological polar surface area (TPSA) is 73.8 Å². The summed E-state index contributed by atoms with van der Waals surface area (Å²) in [5.41, 5.74) is 8.05. The van der Waals surface area contributed by atoms with Gasteiger partial charge in [-0.15, -0.1) is 5.10 Å². The fraction of sp³-hybridized carbons (Fsp3) is 0.357. The molecule has 1 aromatic carbocycles. The first kappa shape index (κ1) is 13.4. The van der Waals surface area contributed by atoms with E-state index in [1.807, 2.05) is 24.3 Å². The van der Waals surface area contributed by atoms with Crippen molar-refractivity contribution < 1.29 is 4.79 Å². The van der Waals surface area contributed by atoms with E-state index in [2.05, 4.69) is 17.2 Å². The standard InChI is InChI=1S/C14H18N4O/c1-2-4-11-5-3-6-12(7-11)14(19)10-18-9-13(8-15)16-17-18/h3,5-7,9H,2,4,8,10,15H2,1H3. The molecule has 0 atom stereocenters. The highest BCUT2D eigenvalue weighted by Crippen LogP contribution is 2.09. The second-order valence-corrected chi connectivity index (χ2v) is 4.49. The van der Waals surface area contributed by atoms with Crippen LogP contribution in [0.4, 0.5) is 0 Å². The van der Waals surface area contributed by atoms with E-state index >= 15 is 0 Å². The molecular weight excluding hydrogens is 240 g/mol. The largest absolute Gasteiger partial charge is 0.325 e. The van der Waals surface area contributed by atoms with Crippen LogP contribution in [-0.4, -0.2) is 20.8 Å². The van der Waals surface area contributed by atoms with Crippen LogP contribution in [-0.2, 0) is 19.5 Å². The van der Waals surface area contributed by atoms with Crippen LogP contribution >= 0.6 is 0 Å². The molecule has 1 aromatic heterocycles. The second kappa shape index (κ2) is 6.24. The number of hydrogen-bond acceptors (Lipinski definition) is 4. The highest BCUT2D eigenvalue weighted by molar-refractivity contribution is 5.96. The molecule has 2 N–H and O–H groups in total. The molecule has 19 heavy (non-hydrogen) atoms. The average molecular weight is 258 g/mol. The van der Waals surface area contributed by atoms with Gasteiger partial charge >= 0.3 is 0 Å². The third-order valence-electron chi connectivity index (χ3n) is 2.89. The Bertz CT molecular complexity index is 562. The number of benzene rings is 1. The molecule has 2 aromatic rings. The first-order chi connectivity index (χ1) is 9.22. The number of nitrogens with two attached hydrogens (primary N) is 1. The lowest BCUT2D eigenvalue weighted by Crippen LogP contribution is -2.11. The van der Waals surface area contributed by atoms with Gasteiger partial charge in [0.15, 0.2) is 5.78 Å². The fourth-order valence-electron chi connectivity index (χ4n) is 1.94. The summed E-state index contributed by atoms with van der Waals surface area (Å²) in [6, 6.07) is 7.75. The summed E-state index contributed by atoms with van der Waals surface area (Å²) in [7, 11) is 0. The SMILES string of the molecule is CCCc1cccc(C(=O)Cn2cc(CN)nn2)c1. The van der Waals surface area contributed by atoms with Crippen molar-refractivity contribution in [3.05, 3.63) is 47.3 Å². The molecule has 0 aliphatic heterocycles. The summed E-state index contributed by atoms with van der Waals surface area (Å²) in [6.07, 6.45) is 3.76. The Labute approximate surface area is 112 Å². The molecule has 2 rings (SSSR count). The van der Waals surface area contributed by atoms with Crippen LogP contribution < -0.4 is 5.73 Å². The van der Waals surface area contributed by atoms with Gasteiger partial charge in [-0.25, -0.2) is 4.68 Å². The maximum Gasteiger partial charge on any atom is 0.184 e. The monoisotopic (exact) mass is 258 g/mol. The maximum atomic E-state index is 12.1. The van der Waals surface area contributed by atoms with Crippen molar-refractivity contribution in [2.75, 3.05) is 0 Å². The minimum Gasteiger partial charge on any atom is -0.325 e.